The average Bonchev–Trinajstić information content (AvgIpc) is 2.33. The SMILES string of the molecule is O=C(NC1CCCCCCC1)c1ccc(F)nc1. The molecule has 3 nitrogen and oxygen atoms in total. The van der Waals surface area contributed by atoms with Crippen molar-refractivity contribution < 1.29 is 9.18 Å². The summed E-state index contributed by atoms with van der Waals surface area (Å²) in [4.78, 5) is 15.4. The van der Waals surface area contributed by atoms with Crippen LogP contribution in [0.3, 0.4) is 0 Å². The minimum Gasteiger partial charge on any atom is -0.349 e. The van der Waals surface area contributed by atoms with E-state index >= 15 is 0 Å². The van der Waals surface area contributed by atoms with Gasteiger partial charge in [-0.3, -0.25) is 4.79 Å². The topological polar surface area (TPSA) is 42.0 Å². The number of rotatable bonds is 2. The summed E-state index contributed by atoms with van der Waals surface area (Å²) in [6, 6.07) is 2.94. The largest absolute Gasteiger partial charge is 0.349 e. The van der Waals surface area contributed by atoms with Crippen LogP contribution in [0.15, 0.2) is 18.3 Å². The van der Waals surface area contributed by atoms with Crippen molar-refractivity contribution >= 4 is 5.91 Å². The minimum absolute atomic E-state index is 0.145. The van der Waals surface area contributed by atoms with E-state index in [9.17, 15) is 9.18 Å². The number of hydrogen-bond acceptors (Lipinski definition) is 2. The van der Waals surface area contributed by atoms with Gasteiger partial charge in [-0.1, -0.05) is 32.1 Å². The van der Waals surface area contributed by atoms with Crippen LogP contribution in [0.1, 0.15) is 55.3 Å². The molecule has 0 aromatic carbocycles. The summed E-state index contributed by atoms with van der Waals surface area (Å²) in [6.07, 6.45) is 9.53. The van der Waals surface area contributed by atoms with Gasteiger partial charge in [0.15, 0.2) is 0 Å². The van der Waals surface area contributed by atoms with E-state index in [4.69, 9.17) is 0 Å². The molecule has 18 heavy (non-hydrogen) atoms. The molecule has 0 atom stereocenters. The lowest BCUT2D eigenvalue weighted by atomic mass is 9.96. The van der Waals surface area contributed by atoms with Crippen LogP contribution in [0.5, 0.6) is 0 Å². The number of aromatic nitrogens is 1. The van der Waals surface area contributed by atoms with Crippen molar-refractivity contribution in [3.63, 3.8) is 0 Å². The maximum absolute atomic E-state index is 12.7. The number of carbonyl (C=O) groups excluding carboxylic acids is 1. The van der Waals surface area contributed by atoms with E-state index in [1.54, 1.807) is 0 Å². The lowest BCUT2D eigenvalue weighted by molar-refractivity contribution is 0.0930. The molecule has 0 aliphatic heterocycles. The summed E-state index contributed by atoms with van der Waals surface area (Å²) in [5, 5.41) is 3.02. The predicted molar refractivity (Wildman–Crippen MR) is 67.8 cm³/mol. The molecule has 1 aromatic rings. The third kappa shape index (κ3) is 3.79. The van der Waals surface area contributed by atoms with E-state index in [1.165, 1.54) is 50.4 Å². The highest BCUT2D eigenvalue weighted by Gasteiger charge is 2.15. The second-order valence-corrected chi connectivity index (χ2v) is 4.89. The van der Waals surface area contributed by atoms with E-state index in [0.717, 1.165) is 12.8 Å². The second kappa shape index (κ2) is 6.47. The maximum Gasteiger partial charge on any atom is 0.253 e. The second-order valence-electron chi connectivity index (χ2n) is 4.89. The van der Waals surface area contributed by atoms with Crippen molar-refractivity contribution in [2.45, 2.75) is 51.0 Å². The number of nitrogens with zero attached hydrogens (tertiary/aromatic N) is 1. The number of halogens is 1. The van der Waals surface area contributed by atoms with Gasteiger partial charge < -0.3 is 5.32 Å². The van der Waals surface area contributed by atoms with Crippen LogP contribution < -0.4 is 5.32 Å². The van der Waals surface area contributed by atoms with Gasteiger partial charge in [-0.05, 0) is 25.0 Å². The first-order chi connectivity index (χ1) is 8.75. The normalized spacial score (nSPS) is 17.8. The number of amides is 1. The van der Waals surface area contributed by atoms with Crippen molar-refractivity contribution in [1.29, 1.82) is 0 Å². The van der Waals surface area contributed by atoms with Crippen LogP contribution in [0, 0.1) is 5.95 Å². The number of nitrogens with one attached hydrogen (secondary N) is 1. The standard InChI is InChI=1S/C14H19FN2O/c15-13-9-8-11(10-16-13)14(18)17-12-6-4-2-1-3-5-7-12/h8-10,12H,1-7H2,(H,17,18). The van der Waals surface area contributed by atoms with Gasteiger partial charge in [0, 0.05) is 12.2 Å². The Labute approximate surface area is 107 Å². The third-order valence-corrected chi connectivity index (χ3v) is 3.43. The van der Waals surface area contributed by atoms with Crippen molar-refractivity contribution in [3.8, 4) is 0 Å². The van der Waals surface area contributed by atoms with Crippen molar-refractivity contribution in [3.05, 3.63) is 29.8 Å². The highest BCUT2D eigenvalue weighted by molar-refractivity contribution is 5.93. The van der Waals surface area contributed by atoms with E-state index in [2.05, 4.69) is 10.3 Å². The van der Waals surface area contributed by atoms with Gasteiger partial charge in [0.05, 0.1) is 5.56 Å². The molecule has 0 spiro atoms. The molecule has 1 aliphatic rings. The highest BCUT2D eigenvalue weighted by Crippen LogP contribution is 2.17. The summed E-state index contributed by atoms with van der Waals surface area (Å²) in [7, 11) is 0. The molecule has 1 fully saturated rings. The summed E-state index contributed by atoms with van der Waals surface area (Å²) in [5.74, 6) is -0.703. The first kappa shape index (κ1) is 13.0. The molecular formula is C14H19FN2O. The number of hydrogen-bond donors (Lipinski definition) is 1. The molecule has 1 aromatic heterocycles. The first-order valence-corrected chi connectivity index (χ1v) is 6.68. The molecule has 98 valence electrons. The monoisotopic (exact) mass is 250 g/mol. The Morgan fingerprint density at radius 1 is 1.17 bits per heavy atom. The smallest absolute Gasteiger partial charge is 0.253 e. The quantitative estimate of drug-likeness (QED) is 0.820. The van der Waals surface area contributed by atoms with E-state index in [0.29, 0.717) is 5.56 Å². The third-order valence-electron chi connectivity index (χ3n) is 3.43. The Balaban J connectivity index is 1.91. The van der Waals surface area contributed by atoms with Gasteiger partial charge in [0.25, 0.3) is 5.91 Å². The molecule has 2 rings (SSSR count). The molecule has 1 N–H and O–H groups in total. The van der Waals surface area contributed by atoms with Gasteiger partial charge in [-0.15, -0.1) is 0 Å². The zero-order chi connectivity index (χ0) is 12.8. The summed E-state index contributed by atoms with van der Waals surface area (Å²) in [6.45, 7) is 0. The zero-order valence-electron chi connectivity index (χ0n) is 10.5. The molecule has 0 unspecified atom stereocenters. The molecule has 1 aliphatic carbocycles. The molecule has 4 heteroatoms. The van der Waals surface area contributed by atoms with Gasteiger partial charge in [0.2, 0.25) is 5.95 Å². The average molecular weight is 250 g/mol. The summed E-state index contributed by atoms with van der Waals surface area (Å²) < 4.78 is 12.7. The van der Waals surface area contributed by atoms with Crippen LogP contribution in [0.25, 0.3) is 0 Å². The fourth-order valence-electron chi connectivity index (χ4n) is 2.38. The van der Waals surface area contributed by atoms with Crippen LogP contribution >= 0.6 is 0 Å². The van der Waals surface area contributed by atoms with Gasteiger partial charge in [-0.2, -0.15) is 4.39 Å². The van der Waals surface area contributed by atoms with Crippen LogP contribution in [0.4, 0.5) is 4.39 Å². The van der Waals surface area contributed by atoms with E-state index in [-0.39, 0.29) is 11.9 Å². The maximum atomic E-state index is 12.7. The number of pyridine rings is 1. The Morgan fingerprint density at radius 2 is 1.83 bits per heavy atom. The minimum atomic E-state index is -0.558. The van der Waals surface area contributed by atoms with Gasteiger partial charge >= 0.3 is 0 Å². The van der Waals surface area contributed by atoms with Crippen molar-refractivity contribution in [2.75, 3.05) is 0 Å². The predicted octanol–water partition coefficient (Wildman–Crippen LogP) is 3.06. The van der Waals surface area contributed by atoms with Gasteiger partial charge in [0.1, 0.15) is 0 Å². The van der Waals surface area contributed by atoms with Crippen LogP contribution in [0.2, 0.25) is 0 Å². The Kier molecular flexibility index (Phi) is 4.67. The summed E-state index contributed by atoms with van der Waals surface area (Å²) >= 11 is 0. The Morgan fingerprint density at radius 3 is 2.44 bits per heavy atom. The molecule has 1 heterocycles. The Hall–Kier alpha value is -1.45. The van der Waals surface area contributed by atoms with E-state index in [1.807, 2.05) is 0 Å². The molecule has 0 bridgehead atoms. The van der Waals surface area contributed by atoms with Crippen molar-refractivity contribution in [2.24, 2.45) is 0 Å². The lowest BCUT2D eigenvalue weighted by Gasteiger charge is -2.20. The van der Waals surface area contributed by atoms with Crippen LogP contribution in [-0.2, 0) is 0 Å². The van der Waals surface area contributed by atoms with E-state index < -0.39 is 5.95 Å². The first-order valence-electron chi connectivity index (χ1n) is 6.68. The molecule has 0 saturated heterocycles. The fraction of sp³-hybridized carbons (Fsp3) is 0.571. The molecule has 1 saturated carbocycles. The molecule has 1 amide bonds. The van der Waals surface area contributed by atoms with Crippen molar-refractivity contribution in [1.82, 2.24) is 10.3 Å². The summed E-state index contributed by atoms with van der Waals surface area (Å²) in [5.41, 5.74) is 0.429. The number of carbonyl (C=O) groups is 1. The fourth-order valence-corrected chi connectivity index (χ4v) is 2.38. The van der Waals surface area contributed by atoms with Gasteiger partial charge in [-0.25, -0.2) is 4.98 Å². The molecular weight excluding hydrogens is 231 g/mol. The Bertz CT molecular complexity index is 383. The van der Waals surface area contributed by atoms with Crippen LogP contribution in [-0.4, -0.2) is 16.9 Å². The molecule has 0 radical (unpaired) electrons. The zero-order valence-corrected chi connectivity index (χ0v) is 10.5. The lowest BCUT2D eigenvalue weighted by Crippen LogP contribution is -2.35. The highest BCUT2D eigenvalue weighted by atomic mass is 19.1.